The molecule has 1 unspecified atom stereocenters. The molecule has 0 spiro atoms. The molecule has 2 aromatic heterocycles. The van der Waals surface area contributed by atoms with Gasteiger partial charge in [-0.25, -0.2) is 5.43 Å². The van der Waals surface area contributed by atoms with Crippen molar-refractivity contribution in [3.8, 4) is 0 Å². The summed E-state index contributed by atoms with van der Waals surface area (Å²) in [5.74, 6) is 8.09. The minimum absolute atomic E-state index is 0.0549. The van der Waals surface area contributed by atoms with E-state index in [4.69, 9.17) is 5.84 Å². The summed E-state index contributed by atoms with van der Waals surface area (Å²) in [5, 5.41) is 4.21. The second kappa shape index (κ2) is 5.05. The van der Waals surface area contributed by atoms with Crippen LogP contribution in [0.5, 0.6) is 0 Å². The second-order valence-corrected chi connectivity index (χ2v) is 6.72. The summed E-state index contributed by atoms with van der Waals surface area (Å²) in [6, 6.07) is 2.35. The van der Waals surface area contributed by atoms with Crippen molar-refractivity contribution in [2.24, 2.45) is 12.9 Å². The van der Waals surface area contributed by atoms with Crippen LogP contribution < -0.4 is 11.3 Å². The van der Waals surface area contributed by atoms with Gasteiger partial charge in [0.2, 0.25) is 0 Å². The van der Waals surface area contributed by atoms with Crippen molar-refractivity contribution in [1.29, 1.82) is 0 Å². The van der Waals surface area contributed by atoms with Crippen molar-refractivity contribution >= 4 is 23.1 Å². The monoisotopic (exact) mass is 280 g/mol. The number of aryl methyl sites for hydroxylation is 2. The Labute approximate surface area is 115 Å². The standard InChI is InChI=1S/C12H16N4S2/c1-16-6-9(5-14-16)12(15-13)11-4-8-7-17-3-2-10(8)18-11/h4-6,12,15H,2-3,7,13H2,1H3. The van der Waals surface area contributed by atoms with Crippen molar-refractivity contribution in [2.75, 3.05) is 5.75 Å². The molecular weight excluding hydrogens is 264 g/mol. The fraction of sp³-hybridized carbons (Fsp3) is 0.417. The van der Waals surface area contributed by atoms with Gasteiger partial charge in [-0.1, -0.05) is 0 Å². The van der Waals surface area contributed by atoms with Crippen LogP contribution in [-0.2, 0) is 19.2 Å². The molecule has 0 bridgehead atoms. The SMILES string of the molecule is Cn1cc(C(NN)c2cc3c(s2)CCSC3)cn1. The third-order valence-electron chi connectivity index (χ3n) is 3.16. The molecule has 1 aliphatic heterocycles. The quantitative estimate of drug-likeness (QED) is 0.665. The Morgan fingerprint density at radius 1 is 1.56 bits per heavy atom. The molecule has 96 valence electrons. The van der Waals surface area contributed by atoms with Crippen LogP contribution in [0.4, 0.5) is 0 Å². The molecule has 0 fully saturated rings. The van der Waals surface area contributed by atoms with Gasteiger partial charge >= 0.3 is 0 Å². The summed E-state index contributed by atoms with van der Waals surface area (Å²) in [6.07, 6.45) is 5.07. The predicted molar refractivity (Wildman–Crippen MR) is 76.6 cm³/mol. The fourth-order valence-electron chi connectivity index (χ4n) is 2.24. The summed E-state index contributed by atoms with van der Waals surface area (Å²) >= 11 is 3.89. The van der Waals surface area contributed by atoms with Crippen LogP contribution in [0.2, 0.25) is 0 Å². The van der Waals surface area contributed by atoms with Crippen molar-refractivity contribution in [2.45, 2.75) is 18.2 Å². The van der Waals surface area contributed by atoms with Gasteiger partial charge in [0.05, 0.1) is 12.2 Å². The molecule has 0 aromatic carbocycles. The van der Waals surface area contributed by atoms with Gasteiger partial charge < -0.3 is 0 Å². The van der Waals surface area contributed by atoms with E-state index in [-0.39, 0.29) is 6.04 Å². The van der Waals surface area contributed by atoms with E-state index in [9.17, 15) is 0 Å². The number of aromatic nitrogens is 2. The summed E-state index contributed by atoms with van der Waals surface area (Å²) < 4.78 is 1.81. The summed E-state index contributed by atoms with van der Waals surface area (Å²) in [6.45, 7) is 0. The van der Waals surface area contributed by atoms with Gasteiger partial charge in [-0.2, -0.15) is 16.9 Å². The van der Waals surface area contributed by atoms with Crippen molar-refractivity contribution in [3.05, 3.63) is 39.3 Å². The number of thioether (sulfide) groups is 1. The molecular formula is C12H16N4S2. The zero-order valence-electron chi connectivity index (χ0n) is 10.2. The molecule has 0 saturated carbocycles. The van der Waals surface area contributed by atoms with E-state index < -0.39 is 0 Å². The highest BCUT2D eigenvalue weighted by molar-refractivity contribution is 7.98. The Bertz CT molecular complexity index is 523. The first-order valence-electron chi connectivity index (χ1n) is 5.92. The maximum atomic E-state index is 5.72. The lowest BCUT2D eigenvalue weighted by Crippen LogP contribution is -2.27. The number of nitrogens with one attached hydrogen (secondary N) is 1. The van der Waals surface area contributed by atoms with Crippen LogP contribution >= 0.6 is 23.1 Å². The Morgan fingerprint density at radius 3 is 3.11 bits per heavy atom. The molecule has 3 heterocycles. The van der Waals surface area contributed by atoms with E-state index in [1.807, 2.05) is 47.2 Å². The van der Waals surface area contributed by atoms with Crippen molar-refractivity contribution < 1.29 is 0 Å². The first-order valence-corrected chi connectivity index (χ1v) is 7.89. The average Bonchev–Trinajstić information content (AvgIpc) is 2.96. The molecule has 6 heteroatoms. The van der Waals surface area contributed by atoms with Gasteiger partial charge in [0.1, 0.15) is 0 Å². The average molecular weight is 280 g/mol. The van der Waals surface area contributed by atoms with E-state index in [1.54, 1.807) is 0 Å². The number of rotatable bonds is 3. The van der Waals surface area contributed by atoms with Crippen molar-refractivity contribution in [3.63, 3.8) is 0 Å². The molecule has 1 aliphatic rings. The smallest absolute Gasteiger partial charge is 0.0833 e. The van der Waals surface area contributed by atoms with Crippen LogP contribution in [0.15, 0.2) is 18.5 Å². The molecule has 0 saturated heterocycles. The zero-order chi connectivity index (χ0) is 12.5. The molecule has 0 radical (unpaired) electrons. The number of hydrogen-bond donors (Lipinski definition) is 2. The molecule has 3 N–H and O–H groups in total. The normalized spacial score (nSPS) is 16.6. The number of nitrogens with zero attached hydrogens (tertiary/aromatic N) is 2. The van der Waals surface area contributed by atoms with Gasteiger partial charge in [-0.3, -0.25) is 10.5 Å². The highest BCUT2D eigenvalue weighted by Gasteiger charge is 2.20. The minimum Gasteiger partial charge on any atom is -0.275 e. The van der Waals surface area contributed by atoms with E-state index in [1.165, 1.54) is 27.5 Å². The third kappa shape index (κ3) is 2.21. The summed E-state index contributed by atoms with van der Waals surface area (Å²) in [5.41, 5.74) is 5.51. The first kappa shape index (κ1) is 12.2. The minimum atomic E-state index is 0.0549. The Morgan fingerprint density at radius 2 is 2.44 bits per heavy atom. The lowest BCUT2D eigenvalue weighted by Gasteiger charge is -2.11. The van der Waals surface area contributed by atoms with Gasteiger partial charge in [0.25, 0.3) is 0 Å². The van der Waals surface area contributed by atoms with Gasteiger partial charge in [0, 0.05) is 34.3 Å². The molecule has 3 rings (SSSR count). The zero-order valence-corrected chi connectivity index (χ0v) is 11.9. The molecule has 2 aromatic rings. The molecule has 1 atom stereocenters. The largest absolute Gasteiger partial charge is 0.275 e. The van der Waals surface area contributed by atoms with Crippen LogP contribution in [-0.4, -0.2) is 15.5 Å². The Kier molecular flexibility index (Phi) is 3.43. The van der Waals surface area contributed by atoms with Gasteiger partial charge in [-0.15, -0.1) is 11.3 Å². The number of hydrogen-bond acceptors (Lipinski definition) is 5. The van der Waals surface area contributed by atoms with Crippen LogP contribution in [0.1, 0.15) is 26.9 Å². The van der Waals surface area contributed by atoms with Crippen LogP contribution in [0, 0.1) is 0 Å². The Balaban J connectivity index is 1.94. The topological polar surface area (TPSA) is 55.9 Å². The predicted octanol–water partition coefficient (Wildman–Crippen LogP) is 1.82. The number of nitrogens with two attached hydrogens (primary N) is 1. The van der Waals surface area contributed by atoms with E-state index >= 15 is 0 Å². The van der Waals surface area contributed by atoms with Crippen molar-refractivity contribution in [1.82, 2.24) is 15.2 Å². The maximum absolute atomic E-state index is 5.72. The van der Waals surface area contributed by atoms with Gasteiger partial charge in [0.15, 0.2) is 0 Å². The second-order valence-electron chi connectivity index (χ2n) is 4.45. The first-order chi connectivity index (χ1) is 8.78. The lowest BCUT2D eigenvalue weighted by molar-refractivity contribution is 0.645. The summed E-state index contributed by atoms with van der Waals surface area (Å²) in [4.78, 5) is 2.81. The lowest BCUT2D eigenvalue weighted by atomic mass is 10.1. The molecule has 18 heavy (non-hydrogen) atoms. The van der Waals surface area contributed by atoms with E-state index in [0.29, 0.717) is 0 Å². The fourth-order valence-corrected chi connectivity index (χ4v) is 4.71. The molecule has 0 amide bonds. The maximum Gasteiger partial charge on any atom is 0.0833 e. The van der Waals surface area contributed by atoms with E-state index in [0.717, 1.165) is 11.3 Å². The highest BCUT2D eigenvalue weighted by Crippen LogP contribution is 2.36. The molecule has 4 nitrogen and oxygen atoms in total. The summed E-state index contributed by atoms with van der Waals surface area (Å²) in [7, 11) is 1.92. The van der Waals surface area contributed by atoms with E-state index in [2.05, 4.69) is 16.6 Å². The number of thiophene rings is 1. The number of fused-ring (bicyclic) bond motifs is 1. The number of hydrazine groups is 1. The van der Waals surface area contributed by atoms with Crippen LogP contribution in [0.25, 0.3) is 0 Å². The van der Waals surface area contributed by atoms with Gasteiger partial charge in [-0.05, 0) is 23.8 Å². The molecule has 0 aliphatic carbocycles. The highest BCUT2D eigenvalue weighted by atomic mass is 32.2. The van der Waals surface area contributed by atoms with Crippen LogP contribution in [0.3, 0.4) is 0 Å². The third-order valence-corrected chi connectivity index (χ3v) is 5.47. The Hall–Kier alpha value is -0.820.